The predicted molar refractivity (Wildman–Crippen MR) is 63.4 cm³/mol. The van der Waals surface area contributed by atoms with E-state index in [0.29, 0.717) is 5.16 Å². The van der Waals surface area contributed by atoms with Gasteiger partial charge >= 0.3 is 0 Å². The molecule has 0 aliphatic carbocycles. The molecule has 0 atom stereocenters. The lowest BCUT2D eigenvalue weighted by molar-refractivity contribution is -0.115. The predicted octanol–water partition coefficient (Wildman–Crippen LogP) is 0.690. The molecule has 0 spiro atoms. The first-order valence-corrected chi connectivity index (χ1v) is 6.11. The first-order chi connectivity index (χ1) is 7.61. The van der Waals surface area contributed by atoms with Crippen LogP contribution in [-0.4, -0.2) is 21.6 Å². The quantitative estimate of drug-likeness (QED) is 0.566. The van der Waals surface area contributed by atoms with Gasteiger partial charge in [-0.15, -0.1) is 0 Å². The largest absolute Gasteiger partial charge is 0.369 e. The molecule has 0 unspecified atom stereocenters. The summed E-state index contributed by atoms with van der Waals surface area (Å²) >= 11 is 1.15. The van der Waals surface area contributed by atoms with E-state index in [4.69, 9.17) is 5.73 Å². The Morgan fingerprint density at radius 2 is 2.38 bits per heavy atom. The van der Waals surface area contributed by atoms with E-state index in [1.165, 1.54) is 6.07 Å². The van der Waals surface area contributed by atoms with Gasteiger partial charge in [0, 0.05) is 11.8 Å². The van der Waals surface area contributed by atoms with Gasteiger partial charge in [-0.1, -0.05) is 25.1 Å². The number of hydrogen-bond acceptors (Lipinski definition) is 4. The van der Waals surface area contributed by atoms with Gasteiger partial charge in [0.1, 0.15) is 0 Å². The number of hydrogen-bond donors (Lipinski definition) is 2. The minimum absolute atomic E-state index is 0.125. The molecular formula is C10H15N3O2S. The van der Waals surface area contributed by atoms with Crippen LogP contribution in [0.2, 0.25) is 0 Å². The van der Waals surface area contributed by atoms with Crippen LogP contribution in [0.4, 0.5) is 0 Å². The van der Waals surface area contributed by atoms with Crippen molar-refractivity contribution in [2.24, 2.45) is 5.73 Å². The number of amides is 1. The number of H-pyrrole nitrogens is 1. The normalized spacial score (nSPS) is 10.3. The van der Waals surface area contributed by atoms with Crippen LogP contribution in [0.1, 0.15) is 25.5 Å². The zero-order chi connectivity index (χ0) is 12.0. The standard InChI is InChI=1S/C10H15N3O2S/c1-2-3-4-7-5-9(15)13-10(12-7)16-6-8(11)14/h5H,2-4,6H2,1H3,(H2,11,14)(H,12,13,15). The Hall–Kier alpha value is -1.30. The van der Waals surface area contributed by atoms with Crippen molar-refractivity contribution in [2.45, 2.75) is 31.3 Å². The summed E-state index contributed by atoms with van der Waals surface area (Å²) in [5.41, 5.74) is 5.59. The number of primary amides is 1. The lowest BCUT2D eigenvalue weighted by Gasteiger charge is -2.02. The zero-order valence-electron chi connectivity index (χ0n) is 9.16. The molecule has 88 valence electrons. The maximum absolute atomic E-state index is 11.3. The van der Waals surface area contributed by atoms with Crippen LogP contribution in [0.15, 0.2) is 16.0 Å². The van der Waals surface area contributed by atoms with Crippen LogP contribution >= 0.6 is 11.8 Å². The fourth-order valence-corrected chi connectivity index (χ4v) is 1.81. The fraction of sp³-hybridized carbons (Fsp3) is 0.500. The highest BCUT2D eigenvalue weighted by atomic mass is 32.2. The summed E-state index contributed by atoms with van der Waals surface area (Å²) < 4.78 is 0. The fourth-order valence-electron chi connectivity index (χ4n) is 1.18. The molecule has 0 saturated carbocycles. The first kappa shape index (κ1) is 12.8. The van der Waals surface area contributed by atoms with Crippen molar-refractivity contribution >= 4 is 17.7 Å². The number of aromatic amines is 1. The van der Waals surface area contributed by atoms with E-state index in [1.807, 2.05) is 0 Å². The highest BCUT2D eigenvalue weighted by Crippen LogP contribution is 2.11. The lowest BCUT2D eigenvalue weighted by atomic mass is 10.2. The monoisotopic (exact) mass is 241 g/mol. The molecule has 16 heavy (non-hydrogen) atoms. The summed E-state index contributed by atoms with van der Waals surface area (Å²) in [5, 5.41) is 0.456. The summed E-state index contributed by atoms with van der Waals surface area (Å²) in [6, 6.07) is 1.49. The molecule has 0 aliphatic rings. The van der Waals surface area contributed by atoms with Crippen molar-refractivity contribution in [3.63, 3.8) is 0 Å². The maximum atomic E-state index is 11.3. The van der Waals surface area contributed by atoms with E-state index < -0.39 is 5.91 Å². The molecule has 0 radical (unpaired) electrons. The van der Waals surface area contributed by atoms with Crippen molar-refractivity contribution in [1.82, 2.24) is 9.97 Å². The summed E-state index contributed by atoms with van der Waals surface area (Å²) in [6.07, 6.45) is 2.83. The van der Waals surface area contributed by atoms with E-state index in [-0.39, 0.29) is 11.3 Å². The summed E-state index contributed by atoms with van der Waals surface area (Å²) in [4.78, 5) is 28.7. The minimum Gasteiger partial charge on any atom is -0.369 e. The number of thioether (sulfide) groups is 1. The van der Waals surface area contributed by atoms with Gasteiger partial charge in [-0.3, -0.25) is 9.59 Å². The Morgan fingerprint density at radius 3 is 3.00 bits per heavy atom. The molecule has 0 fully saturated rings. The summed E-state index contributed by atoms with van der Waals surface area (Å²) in [7, 11) is 0. The third-order valence-corrected chi connectivity index (χ3v) is 2.81. The van der Waals surface area contributed by atoms with Crippen molar-refractivity contribution < 1.29 is 4.79 Å². The van der Waals surface area contributed by atoms with Gasteiger partial charge < -0.3 is 10.7 Å². The van der Waals surface area contributed by atoms with Crippen molar-refractivity contribution in [1.29, 1.82) is 0 Å². The summed E-state index contributed by atoms with van der Waals surface area (Å²) in [6.45, 7) is 2.08. The zero-order valence-corrected chi connectivity index (χ0v) is 9.97. The lowest BCUT2D eigenvalue weighted by Crippen LogP contribution is -2.15. The maximum Gasteiger partial charge on any atom is 0.251 e. The van der Waals surface area contributed by atoms with E-state index in [0.717, 1.165) is 36.7 Å². The number of nitrogens with zero attached hydrogens (tertiary/aromatic N) is 1. The minimum atomic E-state index is -0.424. The third kappa shape index (κ3) is 4.48. The molecule has 0 bridgehead atoms. The van der Waals surface area contributed by atoms with Crippen LogP contribution in [0.25, 0.3) is 0 Å². The molecule has 3 N–H and O–H groups in total. The van der Waals surface area contributed by atoms with Crippen molar-refractivity contribution in [3.8, 4) is 0 Å². The smallest absolute Gasteiger partial charge is 0.251 e. The van der Waals surface area contributed by atoms with E-state index in [9.17, 15) is 9.59 Å². The number of aromatic nitrogens is 2. The molecule has 1 aromatic rings. The van der Waals surface area contributed by atoms with E-state index >= 15 is 0 Å². The van der Waals surface area contributed by atoms with Gasteiger partial charge in [0.2, 0.25) is 5.91 Å². The Balaban J connectivity index is 2.73. The number of carbonyl (C=O) groups is 1. The highest BCUT2D eigenvalue weighted by molar-refractivity contribution is 7.99. The number of carbonyl (C=O) groups excluding carboxylic acids is 1. The second kappa shape index (κ2) is 6.32. The average molecular weight is 241 g/mol. The van der Waals surface area contributed by atoms with Crippen molar-refractivity contribution in [3.05, 3.63) is 22.1 Å². The Labute approximate surface area is 97.8 Å². The van der Waals surface area contributed by atoms with Gasteiger partial charge in [0.15, 0.2) is 5.16 Å². The SMILES string of the molecule is CCCCc1cc(=O)[nH]c(SCC(N)=O)n1. The number of rotatable bonds is 6. The molecule has 5 nitrogen and oxygen atoms in total. The third-order valence-electron chi connectivity index (χ3n) is 1.91. The Bertz CT molecular complexity index is 417. The van der Waals surface area contributed by atoms with Crippen LogP contribution in [0, 0.1) is 0 Å². The second-order valence-electron chi connectivity index (χ2n) is 3.40. The molecule has 1 aromatic heterocycles. The van der Waals surface area contributed by atoms with Gasteiger partial charge in [0.25, 0.3) is 5.56 Å². The van der Waals surface area contributed by atoms with Gasteiger partial charge in [-0.05, 0) is 12.8 Å². The average Bonchev–Trinajstić information content (AvgIpc) is 2.23. The highest BCUT2D eigenvalue weighted by Gasteiger charge is 2.03. The van der Waals surface area contributed by atoms with Gasteiger partial charge in [0.05, 0.1) is 5.75 Å². The molecular weight excluding hydrogens is 226 g/mol. The molecule has 0 saturated heterocycles. The van der Waals surface area contributed by atoms with Crippen LogP contribution in [-0.2, 0) is 11.2 Å². The number of unbranched alkanes of at least 4 members (excludes halogenated alkanes) is 1. The molecule has 1 rings (SSSR count). The molecule has 0 aromatic carbocycles. The number of nitrogens with one attached hydrogen (secondary N) is 1. The van der Waals surface area contributed by atoms with Crippen LogP contribution < -0.4 is 11.3 Å². The Kier molecular flexibility index (Phi) is 5.04. The van der Waals surface area contributed by atoms with Gasteiger partial charge in [-0.2, -0.15) is 0 Å². The molecule has 6 heteroatoms. The van der Waals surface area contributed by atoms with Crippen LogP contribution in [0.5, 0.6) is 0 Å². The Morgan fingerprint density at radius 1 is 1.62 bits per heavy atom. The van der Waals surface area contributed by atoms with Gasteiger partial charge in [-0.25, -0.2) is 4.98 Å². The van der Waals surface area contributed by atoms with E-state index in [1.54, 1.807) is 0 Å². The van der Waals surface area contributed by atoms with E-state index in [2.05, 4.69) is 16.9 Å². The summed E-state index contributed by atoms with van der Waals surface area (Å²) in [5.74, 6) is -0.299. The number of nitrogens with two attached hydrogens (primary N) is 1. The number of aryl methyl sites for hydroxylation is 1. The first-order valence-electron chi connectivity index (χ1n) is 5.13. The van der Waals surface area contributed by atoms with Crippen molar-refractivity contribution in [2.75, 3.05) is 5.75 Å². The molecule has 1 heterocycles. The molecule has 1 amide bonds. The second-order valence-corrected chi connectivity index (χ2v) is 4.36. The van der Waals surface area contributed by atoms with Crippen LogP contribution in [0.3, 0.4) is 0 Å². The molecule has 0 aliphatic heterocycles. The topological polar surface area (TPSA) is 88.8 Å².